The molecule has 1 unspecified atom stereocenters. The van der Waals surface area contributed by atoms with Crippen LogP contribution in [0, 0.1) is 6.92 Å². The average Bonchev–Trinajstić information content (AvgIpc) is 3.24. The Morgan fingerprint density at radius 2 is 2.20 bits per heavy atom. The van der Waals surface area contributed by atoms with Crippen LogP contribution >= 0.6 is 0 Å². The second-order valence-corrected chi connectivity index (χ2v) is 6.46. The van der Waals surface area contributed by atoms with Gasteiger partial charge in [0.05, 0.1) is 11.4 Å². The minimum absolute atomic E-state index is 0.212. The van der Waals surface area contributed by atoms with Gasteiger partial charge < -0.3 is 10.6 Å². The average molecular weight is 335 g/mol. The van der Waals surface area contributed by atoms with Crippen LogP contribution in [-0.2, 0) is 19.5 Å². The molecule has 0 saturated heterocycles. The molecule has 3 aromatic heterocycles. The van der Waals surface area contributed by atoms with Gasteiger partial charge in [0, 0.05) is 54.8 Å². The summed E-state index contributed by atoms with van der Waals surface area (Å²) in [5.74, 6) is 1.61. The number of H-pyrrole nitrogens is 1. The molecule has 1 aliphatic rings. The minimum Gasteiger partial charge on any atom is -0.367 e. The molecule has 1 aliphatic heterocycles. The number of aryl methyl sites for hydroxylation is 1. The highest BCUT2D eigenvalue weighted by Gasteiger charge is 2.21. The molecule has 128 valence electrons. The molecule has 0 amide bonds. The van der Waals surface area contributed by atoms with Gasteiger partial charge in [-0.05, 0) is 32.0 Å². The van der Waals surface area contributed by atoms with Crippen LogP contribution in [0.15, 0.2) is 30.6 Å². The van der Waals surface area contributed by atoms with Crippen molar-refractivity contribution in [1.82, 2.24) is 30.5 Å². The number of hydrogen-bond acceptors (Lipinski definition) is 6. The summed E-state index contributed by atoms with van der Waals surface area (Å²) in [5.41, 5.74) is 5.26. The largest absolute Gasteiger partial charge is 0.367 e. The predicted octanol–water partition coefficient (Wildman–Crippen LogP) is 2.22. The zero-order valence-electron chi connectivity index (χ0n) is 14.4. The van der Waals surface area contributed by atoms with Crippen LogP contribution in [0.3, 0.4) is 0 Å². The van der Waals surface area contributed by atoms with Crippen molar-refractivity contribution < 1.29 is 0 Å². The third-order valence-electron chi connectivity index (χ3n) is 4.26. The summed E-state index contributed by atoms with van der Waals surface area (Å²) in [5, 5.41) is 14.2. The zero-order chi connectivity index (χ0) is 17.2. The monoisotopic (exact) mass is 335 g/mol. The van der Waals surface area contributed by atoms with E-state index >= 15 is 0 Å². The number of nitrogens with zero attached hydrogens (tertiary/aromatic N) is 4. The number of hydrogen-bond donors (Lipinski definition) is 3. The Labute approximate surface area is 146 Å². The van der Waals surface area contributed by atoms with E-state index in [4.69, 9.17) is 9.97 Å². The predicted molar refractivity (Wildman–Crippen MR) is 95.9 cm³/mol. The maximum atomic E-state index is 4.77. The first-order valence-corrected chi connectivity index (χ1v) is 8.47. The molecule has 0 fully saturated rings. The van der Waals surface area contributed by atoms with Crippen LogP contribution in [0.25, 0.3) is 11.4 Å². The first-order valence-electron chi connectivity index (χ1n) is 8.47. The third-order valence-corrected chi connectivity index (χ3v) is 4.26. The lowest BCUT2D eigenvalue weighted by Gasteiger charge is -2.16. The maximum Gasteiger partial charge on any atom is 0.163 e. The normalized spacial score (nSPS) is 14.3. The molecule has 3 aromatic rings. The highest BCUT2D eigenvalue weighted by atomic mass is 15.1. The zero-order valence-corrected chi connectivity index (χ0v) is 14.4. The first kappa shape index (κ1) is 15.7. The Kier molecular flexibility index (Phi) is 4.15. The van der Waals surface area contributed by atoms with Gasteiger partial charge in [-0.15, -0.1) is 0 Å². The number of fused-ring (bicyclic) bond motifs is 1. The molecule has 7 heteroatoms. The summed E-state index contributed by atoms with van der Waals surface area (Å²) in [4.78, 5) is 13.7. The van der Waals surface area contributed by atoms with Gasteiger partial charge in [0.1, 0.15) is 5.82 Å². The van der Waals surface area contributed by atoms with Crippen molar-refractivity contribution in [3.63, 3.8) is 0 Å². The van der Waals surface area contributed by atoms with Crippen LogP contribution in [0.5, 0.6) is 0 Å². The summed E-state index contributed by atoms with van der Waals surface area (Å²) >= 11 is 0. The summed E-state index contributed by atoms with van der Waals surface area (Å²) in [7, 11) is 0. The lowest BCUT2D eigenvalue weighted by Crippen LogP contribution is -2.21. The highest BCUT2D eigenvalue weighted by Crippen LogP contribution is 2.26. The molecule has 7 nitrogen and oxygen atoms in total. The number of aromatic amines is 1. The summed E-state index contributed by atoms with van der Waals surface area (Å²) in [6.45, 7) is 5.72. The van der Waals surface area contributed by atoms with Crippen molar-refractivity contribution in [2.24, 2.45) is 0 Å². The van der Waals surface area contributed by atoms with Crippen LogP contribution in [-0.4, -0.2) is 31.2 Å². The van der Waals surface area contributed by atoms with Crippen LogP contribution in [0.2, 0.25) is 0 Å². The fraction of sp³-hybridized carbons (Fsp3) is 0.333. The molecule has 0 saturated carbocycles. The molecule has 0 spiro atoms. The standard InChI is InChI=1S/C18H21N7/c1-11(6-14-7-12(2)24-25-14)21-18-15-9-20-10-16(15)22-17(23-18)13-4-3-5-19-8-13/h3-5,7-8,11,20H,6,9-10H2,1-2H3,(H,24,25)(H,21,22,23). The van der Waals surface area contributed by atoms with Crippen molar-refractivity contribution in [2.45, 2.75) is 39.4 Å². The fourth-order valence-electron chi connectivity index (χ4n) is 3.09. The van der Waals surface area contributed by atoms with Gasteiger partial charge in [0.15, 0.2) is 5.82 Å². The van der Waals surface area contributed by atoms with Crippen molar-refractivity contribution in [2.75, 3.05) is 5.32 Å². The number of nitrogens with one attached hydrogen (secondary N) is 3. The molecule has 3 N–H and O–H groups in total. The number of anilines is 1. The molecule has 25 heavy (non-hydrogen) atoms. The third kappa shape index (κ3) is 3.36. The van der Waals surface area contributed by atoms with E-state index in [0.717, 1.165) is 53.5 Å². The van der Waals surface area contributed by atoms with E-state index in [1.165, 1.54) is 0 Å². The number of pyridine rings is 1. The SMILES string of the molecule is Cc1cc(CC(C)Nc2nc(-c3cccnc3)nc3c2CNC3)n[nH]1. The van der Waals surface area contributed by atoms with E-state index in [1.54, 1.807) is 12.4 Å². The molecular weight excluding hydrogens is 314 g/mol. The number of rotatable bonds is 5. The van der Waals surface area contributed by atoms with Gasteiger partial charge >= 0.3 is 0 Å². The molecule has 0 aromatic carbocycles. The van der Waals surface area contributed by atoms with Crippen LogP contribution in [0.1, 0.15) is 29.6 Å². The second kappa shape index (κ2) is 6.60. The molecule has 0 aliphatic carbocycles. The number of aromatic nitrogens is 5. The minimum atomic E-state index is 0.212. The van der Waals surface area contributed by atoms with E-state index in [9.17, 15) is 0 Å². The van der Waals surface area contributed by atoms with Gasteiger partial charge in [-0.3, -0.25) is 10.1 Å². The van der Waals surface area contributed by atoms with Gasteiger partial charge in [0.25, 0.3) is 0 Å². The van der Waals surface area contributed by atoms with E-state index in [0.29, 0.717) is 5.82 Å². The Balaban J connectivity index is 1.61. The molecule has 4 rings (SSSR count). The lowest BCUT2D eigenvalue weighted by atomic mass is 10.1. The van der Waals surface area contributed by atoms with Gasteiger partial charge in [0.2, 0.25) is 0 Å². The smallest absolute Gasteiger partial charge is 0.163 e. The van der Waals surface area contributed by atoms with Gasteiger partial charge in [-0.25, -0.2) is 9.97 Å². The van der Waals surface area contributed by atoms with E-state index in [2.05, 4.69) is 38.8 Å². The Morgan fingerprint density at radius 3 is 2.96 bits per heavy atom. The Morgan fingerprint density at radius 1 is 1.28 bits per heavy atom. The van der Waals surface area contributed by atoms with E-state index in [-0.39, 0.29) is 6.04 Å². The first-order chi connectivity index (χ1) is 12.2. The molecule has 1 atom stereocenters. The summed E-state index contributed by atoms with van der Waals surface area (Å²) < 4.78 is 0. The maximum absolute atomic E-state index is 4.77. The highest BCUT2D eigenvalue weighted by molar-refractivity contribution is 5.60. The lowest BCUT2D eigenvalue weighted by molar-refractivity contribution is 0.748. The molecular formula is C18H21N7. The molecule has 4 heterocycles. The molecule has 0 radical (unpaired) electrons. The van der Waals surface area contributed by atoms with E-state index < -0.39 is 0 Å². The fourth-order valence-corrected chi connectivity index (χ4v) is 3.09. The topological polar surface area (TPSA) is 91.4 Å². The molecule has 0 bridgehead atoms. The second-order valence-electron chi connectivity index (χ2n) is 6.46. The van der Waals surface area contributed by atoms with Crippen LogP contribution in [0.4, 0.5) is 5.82 Å². The Bertz CT molecular complexity index is 872. The summed E-state index contributed by atoms with van der Waals surface area (Å²) in [6.07, 6.45) is 4.38. The quantitative estimate of drug-likeness (QED) is 0.662. The van der Waals surface area contributed by atoms with E-state index in [1.807, 2.05) is 19.1 Å². The van der Waals surface area contributed by atoms with Crippen molar-refractivity contribution in [3.8, 4) is 11.4 Å². The van der Waals surface area contributed by atoms with Crippen LogP contribution < -0.4 is 10.6 Å². The van der Waals surface area contributed by atoms with Gasteiger partial charge in [-0.2, -0.15) is 5.10 Å². The van der Waals surface area contributed by atoms with Crippen molar-refractivity contribution in [3.05, 3.63) is 53.2 Å². The Hall–Kier alpha value is -2.80. The van der Waals surface area contributed by atoms with Crippen molar-refractivity contribution in [1.29, 1.82) is 0 Å². The summed E-state index contributed by atoms with van der Waals surface area (Å²) in [6, 6.07) is 6.17. The van der Waals surface area contributed by atoms with Crippen molar-refractivity contribution >= 4 is 5.82 Å². The van der Waals surface area contributed by atoms with Gasteiger partial charge in [-0.1, -0.05) is 0 Å².